The van der Waals surface area contributed by atoms with Crippen molar-refractivity contribution < 1.29 is 4.79 Å². The molecule has 0 aliphatic carbocycles. The lowest BCUT2D eigenvalue weighted by molar-refractivity contribution is -0.137. The van der Waals surface area contributed by atoms with E-state index in [-0.39, 0.29) is 5.92 Å². The molecule has 4 nitrogen and oxygen atoms in total. The van der Waals surface area contributed by atoms with Crippen LogP contribution in [0.4, 0.5) is 0 Å². The van der Waals surface area contributed by atoms with Crippen LogP contribution in [-0.4, -0.2) is 72.0 Å². The molecule has 0 aromatic rings. The summed E-state index contributed by atoms with van der Waals surface area (Å²) < 4.78 is 0. The number of nitrogens with zero attached hydrogens (tertiary/aromatic N) is 3. The largest absolute Gasteiger partial charge is 0.340 e. The Morgan fingerprint density at radius 3 is 2.00 bits per heavy atom. The Hall–Kier alpha value is -0.610. The highest BCUT2D eigenvalue weighted by Crippen LogP contribution is 2.19. The van der Waals surface area contributed by atoms with Crippen molar-refractivity contribution in [3.8, 4) is 0 Å². The monoisotopic (exact) mass is 253 g/mol. The van der Waals surface area contributed by atoms with Gasteiger partial charge in [-0.05, 0) is 13.8 Å². The maximum absolute atomic E-state index is 11.9. The Bertz CT molecular complexity index is 289. The van der Waals surface area contributed by atoms with E-state index >= 15 is 0 Å². The molecular weight excluding hydrogens is 226 g/mol. The van der Waals surface area contributed by atoms with Gasteiger partial charge in [-0.25, -0.2) is 0 Å². The van der Waals surface area contributed by atoms with E-state index in [4.69, 9.17) is 0 Å². The molecule has 0 radical (unpaired) electrons. The van der Waals surface area contributed by atoms with Gasteiger partial charge in [0.25, 0.3) is 0 Å². The Labute approximate surface area is 111 Å². The van der Waals surface area contributed by atoms with Crippen LogP contribution in [0.5, 0.6) is 0 Å². The fourth-order valence-corrected chi connectivity index (χ4v) is 2.81. The number of carbonyl (C=O) groups is 1. The van der Waals surface area contributed by atoms with Gasteiger partial charge in [-0.15, -0.1) is 0 Å². The summed E-state index contributed by atoms with van der Waals surface area (Å²) in [5, 5.41) is 0. The fraction of sp³-hybridized carbons (Fsp3) is 0.929. The van der Waals surface area contributed by atoms with Crippen molar-refractivity contribution in [1.82, 2.24) is 14.7 Å². The molecule has 2 fully saturated rings. The molecule has 2 aliphatic rings. The third-order valence-corrected chi connectivity index (χ3v) is 4.26. The van der Waals surface area contributed by atoms with Gasteiger partial charge in [-0.3, -0.25) is 14.6 Å². The molecule has 0 bridgehead atoms. The lowest BCUT2D eigenvalue weighted by Crippen LogP contribution is -2.64. The van der Waals surface area contributed by atoms with Gasteiger partial charge < -0.3 is 4.90 Å². The lowest BCUT2D eigenvalue weighted by atomic mass is 10.0. The smallest absolute Gasteiger partial charge is 0.225 e. The molecule has 2 heterocycles. The number of hydrogen-bond donors (Lipinski definition) is 0. The summed E-state index contributed by atoms with van der Waals surface area (Å²) in [6.45, 7) is 14.8. The minimum absolute atomic E-state index is 0.136. The Morgan fingerprint density at radius 2 is 1.56 bits per heavy atom. The molecule has 104 valence electrons. The average Bonchev–Trinajstić information content (AvgIpc) is 2.26. The molecule has 1 amide bonds. The summed E-state index contributed by atoms with van der Waals surface area (Å²) in [5.41, 5.74) is 0. The Kier molecular flexibility index (Phi) is 4.28. The van der Waals surface area contributed by atoms with Crippen LogP contribution in [0.15, 0.2) is 0 Å². The van der Waals surface area contributed by atoms with Crippen LogP contribution in [0, 0.1) is 5.92 Å². The van der Waals surface area contributed by atoms with Gasteiger partial charge in [-0.1, -0.05) is 13.8 Å². The quantitative estimate of drug-likeness (QED) is 0.747. The summed E-state index contributed by atoms with van der Waals surface area (Å²) in [6.07, 6.45) is 0. The van der Waals surface area contributed by atoms with Crippen molar-refractivity contribution in [2.75, 3.05) is 39.3 Å². The molecule has 4 heteroatoms. The highest BCUT2D eigenvalue weighted by atomic mass is 16.2. The predicted molar refractivity (Wildman–Crippen MR) is 73.5 cm³/mol. The average molecular weight is 253 g/mol. The number of amides is 1. The van der Waals surface area contributed by atoms with Gasteiger partial charge in [0.1, 0.15) is 0 Å². The SMILES string of the molecule is CC(C)C(=O)N1CCN(C2CN(C(C)C)C2)CC1. The summed E-state index contributed by atoms with van der Waals surface area (Å²) in [6, 6.07) is 1.40. The maximum Gasteiger partial charge on any atom is 0.225 e. The second kappa shape index (κ2) is 5.57. The van der Waals surface area contributed by atoms with Gasteiger partial charge >= 0.3 is 0 Å². The molecule has 0 aromatic heterocycles. The van der Waals surface area contributed by atoms with Crippen molar-refractivity contribution in [2.24, 2.45) is 5.92 Å². The van der Waals surface area contributed by atoms with Gasteiger partial charge in [-0.2, -0.15) is 0 Å². The van der Waals surface area contributed by atoms with E-state index < -0.39 is 0 Å². The zero-order valence-corrected chi connectivity index (χ0v) is 12.2. The van der Waals surface area contributed by atoms with Gasteiger partial charge in [0.2, 0.25) is 5.91 Å². The minimum atomic E-state index is 0.136. The third-order valence-electron chi connectivity index (χ3n) is 4.26. The Balaban J connectivity index is 1.73. The third kappa shape index (κ3) is 2.86. The van der Waals surface area contributed by atoms with Crippen LogP contribution in [-0.2, 0) is 4.79 Å². The standard InChI is InChI=1S/C14H27N3O/c1-11(2)14(18)16-7-5-15(6-8-16)13-9-17(10-13)12(3)4/h11-13H,5-10H2,1-4H3. The molecule has 0 N–H and O–H groups in total. The first-order chi connectivity index (χ1) is 8.49. The van der Waals surface area contributed by atoms with Crippen LogP contribution < -0.4 is 0 Å². The molecule has 0 saturated carbocycles. The van der Waals surface area contributed by atoms with E-state index in [1.165, 1.54) is 13.1 Å². The van der Waals surface area contributed by atoms with Gasteiger partial charge in [0, 0.05) is 57.3 Å². The molecular formula is C14H27N3O. The van der Waals surface area contributed by atoms with Crippen molar-refractivity contribution in [3.05, 3.63) is 0 Å². The van der Waals surface area contributed by atoms with E-state index in [1.54, 1.807) is 0 Å². The zero-order valence-electron chi connectivity index (χ0n) is 12.2. The lowest BCUT2D eigenvalue weighted by Gasteiger charge is -2.49. The van der Waals surface area contributed by atoms with Gasteiger partial charge in [0.05, 0.1) is 0 Å². The normalized spacial score (nSPS) is 23.8. The van der Waals surface area contributed by atoms with Crippen LogP contribution in [0.1, 0.15) is 27.7 Å². The zero-order chi connectivity index (χ0) is 13.3. The molecule has 0 aromatic carbocycles. The van der Waals surface area contributed by atoms with Gasteiger partial charge in [0.15, 0.2) is 0 Å². The van der Waals surface area contributed by atoms with Crippen molar-refractivity contribution in [3.63, 3.8) is 0 Å². The minimum Gasteiger partial charge on any atom is -0.340 e. The van der Waals surface area contributed by atoms with Crippen molar-refractivity contribution in [1.29, 1.82) is 0 Å². The topological polar surface area (TPSA) is 26.8 Å². The van der Waals surface area contributed by atoms with Crippen molar-refractivity contribution in [2.45, 2.75) is 39.8 Å². The molecule has 2 aliphatic heterocycles. The van der Waals surface area contributed by atoms with Crippen LogP contribution in [0.3, 0.4) is 0 Å². The van der Waals surface area contributed by atoms with Crippen LogP contribution in [0.2, 0.25) is 0 Å². The first kappa shape index (κ1) is 13.8. The summed E-state index contributed by atoms with van der Waals surface area (Å²) >= 11 is 0. The molecule has 2 rings (SSSR count). The number of rotatable bonds is 3. The van der Waals surface area contributed by atoms with Crippen molar-refractivity contribution >= 4 is 5.91 Å². The second-order valence-electron chi connectivity index (χ2n) is 6.22. The maximum atomic E-state index is 11.9. The Morgan fingerprint density at radius 1 is 1.00 bits per heavy atom. The molecule has 2 saturated heterocycles. The first-order valence-electron chi connectivity index (χ1n) is 7.26. The molecule has 18 heavy (non-hydrogen) atoms. The highest BCUT2D eigenvalue weighted by Gasteiger charge is 2.35. The molecule has 0 spiro atoms. The van der Waals surface area contributed by atoms with E-state index in [0.717, 1.165) is 32.2 Å². The van der Waals surface area contributed by atoms with Crippen LogP contribution in [0.25, 0.3) is 0 Å². The van der Waals surface area contributed by atoms with E-state index in [0.29, 0.717) is 11.9 Å². The fourth-order valence-electron chi connectivity index (χ4n) is 2.81. The number of piperazine rings is 1. The van der Waals surface area contributed by atoms with E-state index in [2.05, 4.69) is 23.6 Å². The van der Waals surface area contributed by atoms with Crippen LogP contribution >= 0.6 is 0 Å². The molecule has 0 atom stereocenters. The predicted octanol–water partition coefficient (Wildman–Crippen LogP) is 0.879. The summed E-state index contributed by atoms with van der Waals surface area (Å²) in [7, 11) is 0. The second-order valence-corrected chi connectivity index (χ2v) is 6.22. The number of hydrogen-bond acceptors (Lipinski definition) is 3. The highest BCUT2D eigenvalue weighted by molar-refractivity contribution is 5.78. The van der Waals surface area contributed by atoms with E-state index in [9.17, 15) is 4.79 Å². The number of likely N-dealkylation sites (tertiary alicyclic amines) is 1. The first-order valence-corrected chi connectivity index (χ1v) is 7.26. The summed E-state index contributed by atoms with van der Waals surface area (Å²) in [4.78, 5) is 19.0. The molecule has 0 unspecified atom stereocenters. The number of carbonyl (C=O) groups excluding carboxylic acids is 1. The van der Waals surface area contributed by atoms with E-state index in [1.807, 2.05) is 18.7 Å². The summed E-state index contributed by atoms with van der Waals surface area (Å²) in [5.74, 6) is 0.448.